The molecule has 1 atom stereocenters. The Kier molecular flexibility index (Phi) is 7.84. The van der Waals surface area contributed by atoms with E-state index in [9.17, 15) is 8.42 Å². The average Bonchev–Trinajstić information content (AvgIpc) is 2.55. The molecule has 0 saturated carbocycles. The maximum Gasteiger partial charge on any atom is 0.191 e. The predicted molar refractivity (Wildman–Crippen MR) is 96.7 cm³/mol. The van der Waals surface area contributed by atoms with E-state index in [0.29, 0.717) is 30.4 Å². The lowest BCUT2D eigenvalue weighted by Crippen LogP contribution is -2.42. The highest BCUT2D eigenvalue weighted by atomic mass is 32.2. The van der Waals surface area contributed by atoms with Crippen molar-refractivity contribution in [3.05, 3.63) is 23.8 Å². The van der Waals surface area contributed by atoms with Gasteiger partial charge in [-0.15, -0.1) is 0 Å². The summed E-state index contributed by atoms with van der Waals surface area (Å²) >= 11 is 0. The zero-order valence-electron chi connectivity index (χ0n) is 14.9. The summed E-state index contributed by atoms with van der Waals surface area (Å²) in [6, 6.07) is 5.65. The highest BCUT2D eigenvalue weighted by Gasteiger charge is 2.12. The van der Waals surface area contributed by atoms with E-state index in [1.165, 1.54) is 6.26 Å². The van der Waals surface area contributed by atoms with Crippen molar-refractivity contribution in [1.82, 2.24) is 10.6 Å². The number of sulfone groups is 1. The molecule has 1 aromatic rings. The topological polar surface area (TPSA) is 89.0 Å². The molecule has 0 aliphatic rings. The number of nitrogens with one attached hydrogen (secondary N) is 2. The van der Waals surface area contributed by atoms with E-state index >= 15 is 0 Å². The molecule has 7 nitrogen and oxygen atoms in total. The van der Waals surface area contributed by atoms with Crippen molar-refractivity contribution in [3.8, 4) is 11.5 Å². The van der Waals surface area contributed by atoms with Gasteiger partial charge in [0.25, 0.3) is 0 Å². The van der Waals surface area contributed by atoms with Gasteiger partial charge < -0.3 is 20.1 Å². The van der Waals surface area contributed by atoms with Crippen LogP contribution in [-0.2, 0) is 16.4 Å². The average molecular weight is 357 g/mol. The van der Waals surface area contributed by atoms with Crippen LogP contribution in [-0.4, -0.2) is 53.7 Å². The molecular formula is C16H27N3O4S. The van der Waals surface area contributed by atoms with Crippen molar-refractivity contribution >= 4 is 15.8 Å². The highest BCUT2D eigenvalue weighted by molar-refractivity contribution is 7.90. The molecule has 1 rings (SSSR count). The van der Waals surface area contributed by atoms with Gasteiger partial charge in [-0.3, -0.25) is 4.99 Å². The number of hydrogen-bond donors (Lipinski definition) is 2. The Bertz CT molecular complexity index is 659. The molecule has 8 heteroatoms. The summed E-state index contributed by atoms with van der Waals surface area (Å²) in [6.45, 7) is 2.42. The Morgan fingerprint density at radius 3 is 2.54 bits per heavy atom. The van der Waals surface area contributed by atoms with Crippen LogP contribution in [0.2, 0.25) is 0 Å². The van der Waals surface area contributed by atoms with E-state index in [1.54, 1.807) is 21.3 Å². The Hall–Kier alpha value is -1.96. The third-order valence-electron chi connectivity index (χ3n) is 3.46. The molecule has 1 unspecified atom stereocenters. The fraction of sp³-hybridized carbons (Fsp3) is 0.562. The third kappa shape index (κ3) is 6.66. The summed E-state index contributed by atoms with van der Waals surface area (Å²) in [5.74, 6) is 2.08. The number of ether oxygens (including phenoxy) is 2. The van der Waals surface area contributed by atoms with Crippen LogP contribution in [0.4, 0.5) is 0 Å². The monoisotopic (exact) mass is 357 g/mol. The normalized spacial score (nSPS) is 13.3. The molecule has 136 valence electrons. The number of aliphatic imine (C=N–C) groups is 1. The largest absolute Gasteiger partial charge is 0.493 e. The molecule has 0 heterocycles. The van der Waals surface area contributed by atoms with E-state index in [4.69, 9.17) is 9.47 Å². The molecule has 0 fully saturated rings. The summed E-state index contributed by atoms with van der Waals surface area (Å²) in [7, 11) is 1.90. The minimum absolute atomic E-state index is 0.0156. The van der Waals surface area contributed by atoms with Gasteiger partial charge in [-0.2, -0.15) is 0 Å². The van der Waals surface area contributed by atoms with Gasteiger partial charge in [0.1, 0.15) is 9.84 Å². The molecule has 24 heavy (non-hydrogen) atoms. The van der Waals surface area contributed by atoms with E-state index in [1.807, 2.05) is 25.1 Å². The molecule has 0 spiro atoms. The van der Waals surface area contributed by atoms with Gasteiger partial charge >= 0.3 is 0 Å². The van der Waals surface area contributed by atoms with Crippen LogP contribution < -0.4 is 20.1 Å². The van der Waals surface area contributed by atoms with E-state index < -0.39 is 9.84 Å². The lowest BCUT2D eigenvalue weighted by molar-refractivity contribution is 0.351. The molecule has 0 aromatic heterocycles. The SMILES string of the molecule is CN=C(NCc1cccc(OC)c1OC)NC(C)CCS(C)(=O)=O. The van der Waals surface area contributed by atoms with Crippen molar-refractivity contribution in [2.45, 2.75) is 25.9 Å². The zero-order valence-corrected chi connectivity index (χ0v) is 15.7. The lowest BCUT2D eigenvalue weighted by atomic mass is 10.2. The number of benzene rings is 1. The number of methoxy groups -OCH3 is 2. The van der Waals surface area contributed by atoms with Gasteiger partial charge in [0, 0.05) is 31.5 Å². The third-order valence-corrected chi connectivity index (χ3v) is 4.44. The number of nitrogens with zero attached hydrogens (tertiary/aromatic N) is 1. The van der Waals surface area contributed by atoms with Gasteiger partial charge in [0.2, 0.25) is 0 Å². The summed E-state index contributed by atoms with van der Waals surface area (Å²) < 4.78 is 33.1. The van der Waals surface area contributed by atoms with Crippen LogP contribution in [0.5, 0.6) is 11.5 Å². The second kappa shape index (κ2) is 9.36. The number of guanidine groups is 1. The molecule has 0 aliphatic carbocycles. The smallest absolute Gasteiger partial charge is 0.191 e. The highest BCUT2D eigenvalue weighted by Crippen LogP contribution is 2.30. The maximum atomic E-state index is 11.2. The van der Waals surface area contributed by atoms with Gasteiger partial charge in [-0.05, 0) is 19.4 Å². The van der Waals surface area contributed by atoms with E-state index in [2.05, 4.69) is 15.6 Å². The molecule has 0 saturated heterocycles. The standard InChI is InChI=1S/C16H27N3O4S/c1-12(9-10-24(5,20)21)19-16(17-2)18-11-13-7-6-8-14(22-3)15(13)23-4/h6-8,12H,9-11H2,1-5H3,(H2,17,18,19). The quantitative estimate of drug-likeness (QED) is 0.537. The number of hydrogen-bond acceptors (Lipinski definition) is 5. The molecule has 1 aromatic carbocycles. The molecule has 0 bridgehead atoms. The fourth-order valence-electron chi connectivity index (χ4n) is 2.16. The second-order valence-electron chi connectivity index (χ2n) is 5.54. The number of para-hydroxylation sites is 1. The first kappa shape index (κ1) is 20.1. The van der Waals surface area contributed by atoms with Gasteiger partial charge in [-0.25, -0.2) is 8.42 Å². The predicted octanol–water partition coefficient (Wildman–Crippen LogP) is 1.19. The van der Waals surface area contributed by atoms with Crippen molar-refractivity contribution in [2.24, 2.45) is 4.99 Å². The minimum Gasteiger partial charge on any atom is -0.493 e. The van der Waals surface area contributed by atoms with Crippen LogP contribution >= 0.6 is 0 Å². The summed E-state index contributed by atoms with van der Waals surface area (Å²) in [4.78, 5) is 4.16. The molecule has 0 amide bonds. The van der Waals surface area contributed by atoms with Gasteiger partial charge in [0.15, 0.2) is 17.5 Å². The van der Waals surface area contributed by atoms with Crippen LogP contribution in [0, 0.1) is 0 Å². The number of rotatable bonds is 8. The molecule has 2 N–H and O–H groups in total. The van der Waals surface area contributed by atoms with Crippen molar-refractivity contribution < 1.29 is 17.9 Å². The van der Waals surface area contributed by atoms with Crippen LogP contribution in [0.25, 0.3) is 0 Å². The molecule has 0 radical (unpaired) electrons. The van der Waals surface area contributed by atoms with E-state index in [0.717, 1.165) is 5.56 Å². The van der Waals surface area contributed by atoms with Gasteiger partial charge in [0.05, 0.1) is 20.0 Å². The van der Waals surface area contributed by atoms with Crippen LogP contribution in [0.15, 0.2) is 23.2 Å². The van der Waals surface area contributed by atoms with Crippen LogP contribution in [0.3, 0.4) is 0 Å². The Balaban J connectivity index is 2.65. The lowest BCUT2D eigenvalue weighted by Gasteiger charge is -2.19. The first-order valence-electron chi connectivity index (χ1n) is 7.65. The van der Waals surface area contributed by atoms with E-state index in [-0.39, 0.29) is 11.8 Å². The summed E-state index contributed by atoms with van der Waals surface area (Å²) in [5, 5.41) is 6.37. The zero-order chi connectivity index (χ0) is 18.2. The summed E-state index contributed by atoms with van der Waals surface area (Å²) in [6.07, 6.45) is 1.75. The van der Waals surface area contributed by atoms with Crippen LogP contribution in [0.1, 0.15) is 18.9 Å². The van der Waals surface area contributed by atoms with Crippen molar-refractivity contribution in [3.63, 3.8) is 0 Å². The van der Waals surface area contributed by atoms with Crippen molar-refractivity contribution in [1.29, 1.82) is 0 Å². The Labute approximate surface area is 144 Å². The Morgan fingerprint density at radius 2 is 2.00 bits per heavy atom. The second-order valence-corrected chi connectivity index (χ2v) is 7.80. The van der Waals surface area contributed by atoms with Crippen molar-refractivity contribution in [2.75, 3.05) is 33.3 Å². The first-order valence-corrected chi connectivity index (χ1v) is 9.71. The summed E-state index contributed by atoms with van der Waals surface area (Å²) in [5.41, 5.74) is 0.934. The minimum atomic E-state index is -2.96. The fourth-order valence-corrected chi connectivity index (χ4v) is 2.94. The Morgan fingerprint density at radius 1 is 1.29 bits per heavy atom. The van der Waals surface area contributed by atoms with Gasteiger partial charge in [-0.1, -0.05) is 12.1 Å². The maximum absolute atomic E-state index is 11.2. The molecule has 0 aliphatic heterocycles. The first-order chi connectivity index (χ1) is 11.3. The molecular weight excluding hydrogens is 330 g/mol.